The third-order valence-corrected chi connectivity index (χ3v) is 11.4. The Balaban J connectivity index is 1.30. The molecule has 1 N–H and O–H groups in total. The Labute approximate surface area is 209 Å². The number of amides is 2. The Bertz CT molecular complexity index is 1440. The van der Waals surface area contributed by atoms with Gasteiger partial charge in [0, 0.05) is 26.2 Å². The Morgan fingerprint density at radius 2 is 1.69 bits per heavy atom. The second kappa shape index (κ2) is 8.59. The van der Waals surface area contributed by atoms with Crippen LogP contribution in [-0.4, -0.2) is 52.3 Å². The number of sulfone groups is 1. The first-order valence-electron chi connectivity index (χ1n) is 12.2. The van der Waals surface area contributed by atoms with Gasteiger partial charge >= 0.3 is 0 Å². The van der Waals surface area contributed by atoms with Crippen LogP contribution in [-0.2, 0) is 22.9 Å². The molecule has 1 aliphatic heterocycles. The average molecular weight is 509 g/mol. The van der Waals surface area contributed by atoms with Crippen LogP contribution in [0.25, 0.3) is 0 Å². The molecule has 0 saturated heterocycles. The number of carbonyl (C=O) groups excluding carboxylic acids is 2. The highest BCUT2D eigenvalue weighted by atomic mass is 32.2. The van der Waals surface area contributed by atoms with Gasteiger partial charge in [0.1, 0.15) is 11.3 Å². The number of carbonyl (C=O) groups is 2. The maximum absolute atomic E-state index is 13.4. The number of hydrogen-bond acceptors (Lipinski definition) is 6. The maximum Gasteiger partial charge on any atom is 0.270 e. The van der Waals surface area contributed by atoms with Crippen molar-refractivity contribution in [3.05, 3.63) is 69.1 Å². The van der Waals surface area contributed by atoms with E-state index in [9.17, 15) is 22.8 Å². The minimum absolute atomic E-state index is 0.0616. The summed E-state index contributed by atoms with van der Waals surface area (Å²) in [6.07, 6.45) is 3.10. The van der Waals surface area contributed by atoms with Crippen LogP contribution in [0.4, 0.5) is 0 Å². The number of nitriles is 1. The fourth-order valence-corrected chi connectivity index (χ4v) is 8.08. The Morgan fingerprint density at radius 1 is 1.03 bits per heavy atom. The SMILES string of the molecule is CCC1(S(=O)(=O)C2(CN3CCn4c(ccc(C(=O)NCc5ccc(C#N)cc5)c4=O)C3=O)CC2)CC1. The molecule has 0 radical (unpaired) electrons. The average Bonchev–Trinajstić information content (AvgIpc) is 3.80. The largest absolute Gasteiger partial charge is 0.348 e. The Morgan fingerprint density at radius 3 is 2.28 bits per heavy atom. The number of fused-ring (bicyclic) bond motifs is 1. The molecule has 0 atom stereocenters. The van der Waals surface area contributed by atoms with E-state index in [2.05, 4.69) is 5.32 Å². The van der Waals surface area contributed by atoms with Crippen molar-refractivity contribution < 1.29 is 18.0 Å². The van der Waals surface area contributed by atoms with Gasteiger partial charge in [-0.05, 0) is 61.9 Å². The van der Waals surface area contributed by atoms with Gasteiger partial charge in [-0.2, -0.15) is 5.26 Å². The Hall–Kier alpha value is -3.45. The topological polar surface area (TPSA) is 129 Å². The molecule has 0 bridgehead atoms. The summed E-state index contributed by atoms with van der Waals surface area (Å²) >= 11 is 0. The van der Waals surface area contributed by atoms with Crippen LogP contribution < -0.4 is 10.9 Å². The van der Waals surface area contributed by atoms with Crippen LogP contribution in [0.3, 0.4) is 0 Å². The molecule has 2 amide bonds. The van der Waals surface area contributed by atoms with Crippen LogP contribution in [0.5, 0.6) is 0 Å². The normalized spacial score (nSPS) is 19.2. The molecule has 1 aromatic heterocycles. The molecule has 2 aliphatic carbocycles. The van der Waals surface area contributed by atoms with E-state index >= 15 is 0 Å². The summed E-state index contributed by atoms with van der Waals surface area (Å²) in [4.78, 5) is 40.5. The van der Waals surface area contributed by atoms with Crippen molar-refractivity contribution >= 4 is 21.7 Å². The van der Waals surface area contributed by atoms with Crippen molar-refractivity contribution in [2.45, 2.75) is 61.6 Å². The molecule has 10 heteroatoms. The molecule has 1 aromatic carbocycles. The molecule has 5 rings (SSSR count). The van der Waals surface area contributed by atoms with Gasteiger partial charge in [-0.1, -0.05) is 19.1 Å². The Kier molecular flexibility index (Phi) is 5.79. The van der Waals surface area contributed by atoms with Gasteiger partial charge in [0.05, 0.1) is 21.1 Å². The number of nitrogens with zero attached hydrogens (tertiary/aromatic N) is 3. The molecule has 2 heterocycles. The third kappa shape index (κ3) is 3.82. The van der Waals surface area contributed by atoms with Crippen LogP contribution in [0.1, 0.15) is 71.0 Å². The van der Waals surface area contributed by atoms with Gasteiger partial charge in [0.2, 0.25) is 0 Å². The van der Waals surface area contributed by atoms with Crippen molar-refractivity contribution in [3.8, 4) is 6.07 Å². The minimum atomic E-state index is -3.36. The second-order valence-corrected chi connectivity index (χ2v) is 12.8. The highest BCUT2D eigenvalue weighted by Crippen LogP contribution is 2.58. The monoisotopic (exact) mass is 508 g/mol. The molecule has 2 aromatic rings. The lowest BCUT2D eigenvalue weighted by Gasteiger charge is -2.34. The molecule has 0 unspecified atom stereocenters. The smallest absolute Gasteiger partial charge is 0.270 e. The molecule has 2 saturated carbocycles. The predicted molar refractivity (Wildman–Crippen MR) is 132 cm³/mol. The molecular weight excluding hydrogens is 480 g/mol. The van der Waals surface area contributed by atoms with Crippen molar-refractivity contribution in [1.82, 2.24) is 14.8 Å². The first-order chi connectivity index (χ1) is 17.2. The lowest BCUT2D eigenvalue weighted by atomic mass is 10.1. The predicted octanol–water partition coefficient (Wildman–Crippen LogP) is 2.00. The fraction of sp³-hybridized carbons (Fsp3) is 0.462. The molecule has 36 heavy (non-hydrogen) atoms. The number of benzene rings is 1. The summed E-state index contributed by atoms with van der Waals surface area (Å²) in [6, 6.07) is 11.6. The van der Waals surface area contributed by atoms with Crippen LogP contribution in [0.15, 0.2) is 41.2 Å². The van der Waals surface area contributed by atoms with Crippen molar-refractivity contribution in [2.24, 2.45) is 0 Å². The zero-order chi connectivity index (χ0) is 25.7. The third-order valence-electron chi connectivity index (χ3n) is 7.93. The highest BCUT2D eigenvalue weighted by Gasteiger charge is 2.66. The van der Waals surface area contributed by atoms with E-state index in [4.69, 9.17) is 5.26 Å². The van der Waals surface area contributed by atoms with E-state index in [0.717, 1.165) is 5.56 Å². The molecule has 3 aliphatic rings. The van der Waals surface area contributed by atoms with Crippen LogP contribution in [0.2, 0.25) is 0 Å². The van der Waals surface area contributed by atoms with Crippen molar-refractivity contribution in [3.63, 3.8) is 0 Å². The standard InChI is InChI=1S/C26H28N4O5S/c1-2-25(9-10-25)36(34,35)26(11-12-26)17-29-13-14-30-21(24(29)33)8-7-20(23(30)32)22(31)28-16-19-5-3-18(15-27)4-6-19/h3-8H,2,9-14,16-17H2,1H3,(H,28,31). The van der Waals surface area contributed by atoms with Crippen LogP contribution in [0, 0.1) is 11.3 Å². The minimum Gasteiger partial charge on any atom is -0.348 e. The lowest BCUT2D eigenvalue weighted by Crippen LogP contribution is -2.51. The maximum atomic E-state index is 13.4. The zero-order valence-corrected chi connectivity index (χ0v) is 20.9. The summed E-state index contributed by atoms with van der Waals surface area (Å²) < 4.78 is 26.6. The summed E-state index contributed by atoms with van der Waals surface area (Å²) in [5, 5.41) is 11.6. The lowest BCUT2D eigenvalue weighted by molar-refractivity contribution is 0.0694. The summed E-state index contributed by atoms with van der Waals surface area (Å²) in [5.41, 5.74) is 0.855. The first kappa shape index (κ1) is 24.3. The van der Waals surface area contributed by atoms with Gasteiger partial charge in [0.25, 0.3) is 17.4 Å². The molecule has 9 nitrogen and oxygen atoms in total. The summed E-state index contributed by atoms with van der Waals surface area (Å²) in [7, 11) is -3.36. The number of hydrogen-bond donors (Lipinski definition) is 1. The number of pyridine rings is 1. The van der Waals surface area contributed by atoms with Crippen molar-refractivity contribution in [1.29, 1.82) is 5.26 Å². The van der Waals surface area contributed by atoms with E-state index < -0.39 is 30.8 Å². The molecular formula is C26H28N4O5S. The fourth-order valence-electron chi connectivity index (χ4n) is 5.18. The summed E-state index contributed by atoms with van der Waals surface area (Å²) in [6.45, 7) is 2.67. The quantitative estimate of drug-likeness (QED) is 0.581. The van der Waals surface area contributed by atoms with E-state index in [1.807, 2.05) is 13.0 Å². The van der Waals surface area contributed by atoms with E-state index in [0.29, 0.717) is 37.7 Å². The van der Waals surface area contributed by atoms with E-state index in [1.165, 1.54) is 16.7 Å². The summed E-state index contributed by atoms with van der Waals surface area (Å²) in [5.74, 6) is -0.933. The van der Waals surface area contributed by atoms with Gasteiger partial charge in [0.15, 0.2) is 9.84 Å². The second-order valence-electron chi connectivity index (χ2n) is 10.0. The van der Waals surface area contributed by atoms with Gasteiger partial charge in [-0.25, -0.2) is 8.42 Å². The van der Waals surface area contributed by atoms with Gasteiger partial charge < -0.3 is 14.8 Å². The number of aromatic nitrogens is 1. The number of nitrogens with one attached hydrogen (secondary N) is 1. The van der Waals surface area contributed by atoms with E-state index in [1.54, 1.807) is 29.2 Å². The van der Waals surface area contributed by atoms with Crippen molar-refractivity contribution in [2.75, 3.05) is 13.1 Å². The molecule has 0 spiro atoms. The first-order valence-corrected chi connectivity index (χ1v) is 13.7. The highest BCUT2D eigenvalue weighted by molar-refractivity contribution is 7.94. The number of rotatable bonds is 8. The van der Waals surface area contributed by atoms with E-state index in [-0.39, 0.29) is 43.3 Å². The zero-order valence-electron chi connectivity index (χ0n) is 20.1. The van der Waals surface area contributed by atoms with Gasteiger partial charge in [-0.15, -0.1) is 0 Å². The van der Waals surface area contributed by atoms with Gasteiger partial charge in [-0.3, -0.25) is 14.4 Å². The van der Waals surface area contributed by atoms with Crippen LogP contribution >= 0.6 is 0 Å². The molecule has 188 valence electrons. The molecule has 2 fully saturated rings.